The number of hydrogen-bond donors (Lipinski definition) is 2. The smallest absolute Gasteiger partial charge is 0.230 e. The third-order valence-electron chi connectivity index (χ3n) is 5.09. The van der Waals surface area contributed by atoms with Gasteiger partial charge in [-0.3, -0.25) is 0 Å². The molecule has 3 aromatic heterocycles. The zero-order valence-corrected chi connectivity index (χ0v) is 17.6. The van der Waals surface area contributed by atoms with Gasteiger partial charge in [0.2, 0.25) is 11.9 Å². The molecule has 4 aromatic rings. The molecule has 1 fully saturated rings. The molecule has 0 bridgehead atoms. The highest BCUT2D eigenvalue weighted by Crippen LogP contribution is 2.23. The molecule has 0 atom stereocenters. The van der Waals surface area contributed by atoms with E-state index in [0.29, 0.717) is 34.4 Å². The van der Waals surface area contributed by atoms with Crippen molar-refractivity contribution in [2.24, 2.45) is 0 Å². The fourth-order valence-corrected chi connectivity index (χ4v) is 3.75. The molecule has 0 unspecified atom stereocenters. The lowest BCUT2D eigenvalue weighted by atomic mass is 10.3. The van der Waals surface area contributed by atoms with Crippen molar-refractivity contribution in [2.75, 3.05) is 43.4 Å². The van der Waals surface area contributed by atoms with E-state index in [1.807, 2.05) is 0 Å². The Bertz CT molecular complexity index is 1190. The molecule has 1 aromatic carbocycles. The highest BCUT2D eigenvalue weighted by atomic mass is 79.9. The second-order valence-corrected chi connectivity index (χ2v) is 8.04. The molecule has 30 heavy (non-hydrogen) atoms. The monoisotopic (exact) mass is 477 g/mol. The van der Waals surface area contributed by atoms with Crippen LogP contribution in [-0.2, 0) is 6.54 Å². The van der Waals surface area contributed by atoms with Gasteiger partial charge >= 0.3 is 0 Å². The summed E-state index contributed by atoms with van der Waals surface area (Å²) in [5, 5.41) is 7.53. The van der Waals surface area contributed by atoms with Gasteiger partial charge in [-0.25, -0.2) is 13.8 Å². The first-order chi connectivity index (χ1) is 14.5. The Balaban J connectivity index is 1.44. The fourth-order valence-electron chi connectivity index (χ4n) is 3.41. The van der Waals surface area contributed by atoms with Crippen LogP contribution < -0.4 is 10.2 Å². The van der Waals surface area contributed by atoms with Crippen LogP contribution in [0, 0.1) is 11.6 Å². The zero-order valence-electron chi connectivity index (χ0n) is 16.0. The Hall–Kier alpha value is -2.86. The molecule has 1 aliphatic heterocycles. The Morgan fingerprint density at radius 1 is 1.10 bits per heavy atom. The lowest BCUT2D eigenvalue weighted by Crippen LogP contribution is -2.45. The van der Waals surface area contributed by atoms with E-state index in [1.54, 1.807) is 10.7 Å². The largest absolute Gasteiger partial charge is 0.347 e. The number of hydrogen-bond acceptors (Lipinski definition) is 7. The predicted octanol–water partition coefficient (Wildman–Crippen LogP) is 2.41. The molecule has 5 rings (SSSR count). The van der Waals surface area contributed by atoms with Gasteiger partial charge in [0, 0.05) is 38.3 Å². The summed E-state index contributed by atoms with van der Waals surface area (Å²) in [6.45, 7) is 3.80. The maximum Gasteiger partial charge on any atom is 0.230 e. The van der Waals surface area contributed by atoms with Crippen molar-refractivity contribution < 1.29 is 8.78 Å². The lowest BCUT2D eigenvalue weighted by molar-refractivity contribution is 0.311. The van der Waals surface area contributed by atoms with Crippen molar-refractivity contribution in [3.63, 3.8) is 0 Å². The number of aromatic amines is 1. The van der Waals surface area contributed by atoms with Crippen molar-refractivity contribution in [1.82, 2.24) is 34.4 Å². The first kappa shape index (κ1) is 19.1. The quantitative estimate of drug-likeness (QED) is 0.466. The minimum Gasteiger partial charge on any atom is -0.347 e. The zero-order chi connectivity index (χ0) is 20.8. The second-order valence-electron chi connectivity index (χ2n) is 7.19. The number of nitrogens with one attached hydrogen (secondary N) is 2. The molecule has 4 heterocycles. The Morgan fingerprint density at radius 3 is 2.67 bits per heavy atom. The Labute approximate surface area is 178 Å². The molecule has 9 nitrogen and oxygen atoms in total. The minimum absolute atomic E-state index is 0.268. The molecule has 1 saturated heterocycles. The first-order valence-corrected chi connectivity index (χ1v) is 10.2. The van der Waals surface area contributed by atoms with E-state index in [4.69, 9.17) is 0 Å². The number of anilines is 2. The van der Waals surface area contributed by atoms with E-state index in [1.165, 1.54) is 0 Å². The average Bonchev–Trinajstić information content (AvgIpc) is 3.30. The van der Waals surface area contributed by atoms with Crippen LogP contribution in [0.1, 0.15) is 5.82 Å². The van der Waals surface area contributed by atoms with E-state index in [9.17, 15) is 8.78 Å². The molecule has 1 aliphatic rings. The molecule has 0 spiro atoms. The molecule has 156 valence electrons. The SMILES string of the molecule is CN1CCN(c2nc(NCc3nc4cc(F)c(F)cc4[nH]3)n3ncc(Br)c3n2)CC1. The third kappa shape index (κ3) is 3.45. The van der Waals surface area contributed by atoms with Gasteiger partial charge in [0.1, 0.15) is 5.82 Å². The Kier molecular flexibility index (Phi) is 4.74. The van der Waals surface area contributed by atoms with Crippen LogP contribution >= 0.6 is 15.9 Å². The van der Waals surface area contributed by atoms with Gasteiger partial charge in [-0.15, -0.1) is 0 Å². The van der Waals surface area contributed by atoms with Crippen molar-refractivity contribution in [1.29, 1.82) is 0 Å². The molecule has 2 N–H and O–H groups in total. The number of rotatable bonds is 4. The molecule has 0 saturated carbocycles. The normalized spacial score (nSPS) is 15.4. The highest BCUT2D eigenvalue weighted by molar-refractivity contribution is 9.10. The van der Waals surface area contributed by atoms with Crippen LogP contribution in [0.4, 0.5) is 20.7 Å². The standard InChI is InChI=1S/C18H18BrF2N9/c1-28-2-4-29(5-3-28)18-26-16-10(19)8-23-30(16)17(27-18)22-9-15-24-13-6-11(20)12(21)7-14(13)25-15/h6-8H,2-5,9H2,1H3,(H,24,25)(H,22,26,27). The predicted molar refractivity (Wildman–Crippen MR) is 112 cm³/mol. The summed E-state index contributed by atoms with van der Waals surface area (Å²) < 4.78 is 29.3. The number of imidazole rings is 1. The number of benzene rings is 1. The molecule has 0 radical (unpaired) electrons. The number of fused-ring (bicyclic) bond motifs is 2. The van der Waals surface area contributed by atoms with Gasteiger partial charge in [0.05, 0.1) is 28.2 Å². The van der Waals surface area contributed by atoms with Gasteiger partial charge in [-0.1, -0.05) is 0 Å². The van der Waals surface area contributed by atoms with E-state index in [0.717, 1.165) is 42.8 Å². The van der Waals surface area contributed by atoms with E-state index in [2.05, 4.69) is 63.1 Å². The summed E-state index contributed by atoms with van der Waals surface area (Å²) in [7, 11) is 2.09. The summed E-state index contributed by atoms with van der Waals surface area (Å²) in [6, 6.07) is 2.17. The lowest BCUT2D eigenvalue weighted by Gasteiger charge is -2.32. The number of likely N-dealkylation sites (N-methyl/N-ethyl adjacent to an activating group) is 1. The molecule has 0 aliphatic carbocycles. The number of halogens is 3. The minimum atomic E-state index is -0.927. The van der Waals surface area contributed by atoms with Gasteiger partial charge in [-0.2, -0.15) is 19.6 Å². The topological polar surface area (TPSA) is 90.3 Å². The van der Waals surface area contributed by atoms with Gasteiger partial charge < -0.3 is 20.1 Å². The highest BCUT2D eigenvalue weighted by Gasteiger charge is 2.20. The molecule has 12 heteroatoms. The van der Waals surface area contributed by atoms with Gasteiger partial charge in [0.25, 0.3) is 0 Å². The average molecular weight is 478 g/mol. The maximum atomic E-state index is 13.5. The van der Waals surface area contributed by atoms with Crippen LogP contribution in [0.2, 0.25) is 0 Å². The summed E-state index contributed by atoms with van der Waals surface area (Å²) in [4.78, 5) is 21.0. The van der Waals surface area contributed by atoms with Crippen molar-refractivity contribution in [2.45, 2.75) is 6.54 Å². The molecular weight excluding hydrogens is 460 g/mol. The number of aromatic nitrogens is 6. The Morgan fingerprint density at radius 2 is 1.87 bits per heavy atom. The van der Waals surface area contributed by atoms with Crippen LogP contribution in [0.25, 0.3) is 16.7 Å². The molecule has 0 amide bonds. The number of H-pyrrole nitrogens is 1. The summed E-state index contributed by atoms with van der Waals surface area (Å²) in [5.41, 5.74) is 1.44. The van der Waals surface area contributed by atoms with Crippen molar-refractivity contribution in [3.8, 4) is 0 Å². The fraction of sp³-hybridized carbons (Fsp3) is 0.333. The van der Waals surface area contributed by atoms with E-state index >= 15 is 0 Å². The van der Waals surface area contributed by atoms with Crippen molar-refractivity contribution >= 4 is 44.5 Å². The summed E-state index contributed by atoms with van der Waals surface area (Å²) in [6.07, 6.45) is 1.66. The van der Waals surface area contributed by atoms with E-state index < -0.39 is 11.6 Å². The van der Waals surface area contributed by atoms with Crippen LogP contribution in [0.5, 0.6) is 0 Å². The summed E-state index contributed by atoms with van der Waals surface area (Å²) in [5.74, 6) is -0.203. The molecular formula is C18H18BrF2N9. The van der Waals surface area contributed by atoms with Crippen LogP contribution in [0.15, 0.2) is 22.8 Å². The first-order valence-electron chi connectivity index (χ1n) is 9.40. The van der Waals surface area contributed by atoms with Crippen LogP contribution in [0.3, 0.4) is 0 Å². The summed E-state index contributed by atoms with van der Waals surface area (Å²) >= 11 is 3.48. The number of piperazine rings is 1. The van der Waals surface area contributed by atoms with Crippen LogP contribution in [-0.4, -0.2) is 67.7 Å². The number of nitrogens with zero attached hydrogens (tertiary/aromatic N) is 7. The van der Waals surface area contributed by atoms with Gasteiger partial charge in [0.15, 0.2) is 17.3 Å². The second kappa shape index (κ2) is 7.43. The van der Waals surface area contributed by atoms with Gasteiger partial charge in [-0.05, 0) is 23.0 Å². The van der Waals surface area contributed by atoms with Crippen molar-refractivity contribution in [3.05, 3.63) is 40.3 Å². The maximum absolute atomic E-state index is 13.5. The van der Waals surface area contributed by atoms with E-state index in [-0.39, 0.29) is 6.54 Å². The third-order valence-corrected chi connectivity index (χ3v) is 5.65.